The molecule has 8 nitrogen and oxygen atoms in total. The second kappa shape index (κ2) is 13.1. The van der Waals surface area contributed by atoms with Crippen molar-refractivity contribution in [2.75, 3.05) is 39.2 Å². The lowest BCUT2D eigenvalue weighted by Crippen LogP contribution is -2.43. The molecule has 5 rings (SSSR count). The van der Waals surface area contributed by atoms with E-state index < -0.39 is 0 Å². The van der Waals surface area contributed by atoms with Crippen LogP contribution in [0.2, 0.25) is 0 Å². The van der Waals surface area contributed by atoms with E-state index in [-0.39, 0.29) is 24.9 Å². The lowest BCUT2D eigenvalue weighted by atomic mass is 10.1. The highest BCUT2D eigenvalue weighted by Crippen LogP contribution is 2.21. The molecule has 0 aliphatic heterocycles. The molecule has 216 valence electrons. The fourth-order valence-electron chi connectivity index (χ4n) is 4.98. The first kappa shape index (κ1) is 28.5. The summed E-state index contributed by atoms with van der Waals surface area (Å²) in [6.07, 6.45) is 4.25. The highest BCUT2D eigenvalue weighted by atomic mass is 16.5. The smallest absolute Gasteiger partial charge is 0.254 e. The highest BCUT2D eigenvalue weighted by Gasteiger charge is 2.24. The first-order chi connectivity index (χ1) is 20.4. The van der Waals surface area contributed by atoms with Gasteiger partial charge < -0.3 is 28.8 Å². The van der Waals surface area contributed by atoms with Crippen LogP contribution < -0.4 is 9.64 Å². The average molecular weight is 565 g/mol. The number of nitrogens with zero attached hydrogens (tertiary/aromatic N) is 3. The molecule has 0 radical (unpaired) electrons. The summed E-state index contributed by atoms with van der Waals surface area (Å²) >= 11 is 0. The Morgan fingerprint density at radius 1 is 0.857 bits per heavy atom. The number of carbonyl (C=O) groups excluding carboxylic acids is 2. The molecule has 0 atom stereocenters. The number of furan rings is 1. The van der Waals surface area contributed by atoms with Crippen molar-refractivity contribution < 1.29 is 18.7 Å². The van der Waals surface area contributed by atoms with Crippen molar-refractivity contribution in [2.45, 2.75) is 19.5 Å². The molecule has 0 spiro atoms. The van der Waals surface area contributed by atoms with Gasteiger partial charge in [-0.2, -0.15) is 0 Å². The van der Waals surface area contributed by atoms with Gasteiger partial charge in [-0.15, -0.1) is 0 Å². The molecule has 0 saturated heterocycles. The molecule has 2 aromatic heterocycles. The number of hydrogen-bond acceptors (Lipinski definition) is 5. The van der Waals surface area contributed by atoms with Gasteiger partial charge in [0.1, 0.15) is 18.1 Å². The molecule has 0 fully saturated rings. The van der Waals surface area contributed by atoms with Crippen LogP contribution in [0.5, 0.6) is 5.75 Å². The van der Waals surface area contributed by atoms with E-state index in [4.69, 9.17) is 9.15 Å². The van der Waals surface area contributed by atoms with E-state index >= 15 is 0 Å². The molecule has 0 unspecified atom stereocenters. The summed E-state index contributed by atoms with van der Waals surface area (Å²) in [4.78, 5) is 36.4. The van der Waals surface area contributed by atoms with Gasteiger partial charge in [0, 0.05) is 55.5 Å². The van der Waals surface area contributed by atoms with Gasteiger partial charge in [-0.1, -0.05) is 30.3 Å². The highest BCUT2D eigenvalue weighted by molar-refractivity contribution is 5.96. The molecule has 0 saturated carbocycles. The van der Waals surface area contributed by atoms with Crippen LogP contribution in [0.3, 0.4) is 0 Å². The number of rotatable bonds is 12. The Bertz CT molecular complexity index is 1610. The maximum Gasteiger partial charge on any atom is 0.254 e. The standard InChI is InChI=1S/C34H36N4O4/c1-36(2)28-14-10-25(11-15-28)22-37(19-18-27-21-35-32-9-5-4-8-31(27)32)33(39)24-38(23-30-7-6-20-42-30)34(40)26-12-16-29(41-3)17-13-26/h4-17,20-21,35H,18-19,22-24H2,1-3H3. The second-order valence-corrected chi connectivity index (χ2v) is 10.5. The lowest BCUT2D eigenvalue weighted by Gasteiger charge is -2.28. The number of anilines is 1. The Balaban J connectivity index is 1.39. The number of carbonyl (C=O) groups is 2. The molecule has 2 heterocycles. The molecule has 1 N–H and O–H groups in total. The molecule has 0 bridgehead atoms. The molecule has 42 heavy (non-hydrogen) atoms. The molecular formula is C34H36N4O4. The number of nitrogens with one attached hydrogen (secondary N) is 1. The molecule has 5 aromatic rings. The number of fused-ring (bicyclic) bond motifs is 1. The normalized spacial score (nSPS) is 10.9. The van der Waals surface area contributed by atoms with E-state index in [1.54, 1.807) is 49.8 Å². The molecular weight excluding hydrogens is 528 g/mol. The Morgan fingerprint density at radius 3 is 2.31 bits per heavy atom. The third-order valence-electron chi connectivity index (χ3n) is 7.38. The Kier molecular flexibility index (Phi) is 8.92. The van der Waals surface area contributed by atoms with Crippen molar-refractivity contribution in [1.29, 1.82) is 0 Å². The van der Waals surface area contributed by atoms with E-state index in [1.165, 1.54) is 4.90 Å². The number of ether oxygens (including phenoxy) is 1. The summed E-state index contributed by atoms with van der Waals surface area (Å²) in [6.45, 7) is 1.02. The van der Waals surface area contributed by atoms with Gasteiger partial charge in [-0.25, -0.2) is 0 Å². The summed E-state index contributed by atoms with van der Waals surface area (Å²) in [5, 5.41) is 1.15. The number of methoxy groups -OCH3 is 1. The Labute approximate surface area is 246 Å². The zero-order valence-electron chi connectivity index (χ0n) is 24.2. The van der Waals surface area contributed by atoms with Crippen molar-refractivity contribution in [2.24, 2.45) is 0 Å². The third kappa shape index (κ3) is 6.83. The molecule has 0 aliphatic carbocycles. The van der Waals surface area contributed by atoms with Crippen LogP contribution in [0.25, 0.3) is 10.9 Å². The number of benzene rings is 3. The van der Waals surface area contributed by atoms with Gasteiger partial charge in [0.2, 0.25) is 5.91 Å². The van der Waals surface area contributed by atoms with Crippen LogP contribution in [-0.2, 0) is 24.3 Å². The molecule has 8 heteroatoms. The minimum atomic E-state index is -0.255. The third-order valence-corrected chi connectivity index (χ3v) is 7.38. The summed E-state index contributed by atoms with van der Waals surface area (Å²) in [5.74, 6) is 0.868. The SMILES string of the molecule is COc1ccc(C(=O)N(CC(=O)N(CCc2c[nH]c3ccccc23)Cc2ccc(N(C)C)cc2)Cc2ccco2)cc1. The van der Waals surface area contributed by atoms with Crippen LogP contribution in [0.15, 0.2) is 102 Å². The first-order valence-corrected chi connectivity index (χ1v) is 14.0. The number of para-hydroxylation sites is 1. The molecule has 2 amide bonds. The number of hydrogen-bond donors (Lipinski definition) is 1. The number of aromatic nitrogens is 1. The quantitative estimate of drug-likeness (QED) is 0.209. The molecule has 3 aromatic carbocycles. The van der Waals surface area contributed by atoms with Crippen molar-refractivity contribution in [1.82, 2.24) is 14.8 Å². The molecule has 0 aliphatic rings. The van der Waals surface area contributed by atoms with E-state index in [0.29, 0.717) is 36.6 Å². The van der Waals surface area contributed by atoms with Crippen molar-refractivity contribution in [3.63, 3.8) is 0 Å². The Hall–Kier alpha value is -4.98. The second-order valence-electron chi connectivity index (χ2n) is 10.5. The first-order valence-electron chi connectivity index (χ1n) is 14.0. The predicted molar refractivity (Wildman–Crippen MR) is 165 cm³/mol. The topological polar surface area (TPSA) is 82.0 Å². The van der Waals surface area contributed by atoms with E-state index in [0.717, 1.165) is 27.7 Å². The van der Waals surface area contributed by atoms with E-state index in [1.807, 2.05) is 72.6 Å². The number of H-pyrrole nitrogens is 1. The van der Waals surface area contributed by atoms with Crippen molar-refractivity contribution in [3.8, 4) is 5.75 Å². The van der Waals surface area contributed by atoms with Gasteiger partial charge in [0.05, 0.1) is 19.9 Å². The Morgan fingerprint density at radius 2 is 1.62 bits per heavy atom. The lowest BCUT2D eigenvalue weighted by molar-refractivity contribution is -0.132. The maximum atomic E-state index is 14.0. The summed E-state index contributed by atoms with van der Waals surface area (Å²) in [5.41, 5.74) is 4.80. The number of amides is 2. The van der Waals surface area contributed by atoms with Gasteiger partial charge in [0.15, 0.2) is 0 Å². The monoisotopic (exact) mass is 564 g/mol. The van der Waals surface area contributed by atoms with Crippen molar-refractivity contribution in [3.05, 3.63) is 120 Å². The zero-order chi connectivity index (χ0) is 29.5. The maximum absolute atomic E-state index is 14.0. The van der Waals surface area contributed by atoms with Gasteiger partial charge in [-0.05, 0) is 72.1 Å². The van der Waals surface area contributed by atoms with Crippen LogP contribution in [0.4, 0.5) is 5.69 Å². The summed E-state index contributed by atoms with van der Waals surface area (Å²) in [7, 11) is 5.58. The van der Waals surface area contributed by atoms with Crippen LogP contribution in [0.1, 0.15) is 27.2 Å². The number of aromatic amines is 1. The predicted octanol–water partition coefficient (Wildman–Crippen LogP) is 5.75. The minimum Gasteiger partial charge on any atom is -0.497 e. The van der Waals surface area contributed by atoms with Crippen LogP contribution in [0, 0.1) is 0 Å². The van der Waals surface area contributed by atoms with Crippen LogP contribution in [-0.4, -0.2) is 60.9 Å². The largest absolute Gasteiger partial charge is 0.497 e. The van der Waals surface area contributed by atoms with E-state index in [9.17, 15) is 9.59 Å². The van der Waals surface area contributed by atoms with Gasteiger partial charge >= 0.3 is 0 Å². The summed E-state index contributed by atoms with van der Waals surface area (Å²) < 4.78 is 10.8. The fraction of sp³-hybridized carbons (Fsp3) is 0.235. The zero-order valence-corrected chi connectivity index (χ0v) is 24.2. The summed E-state index contributed by atoms with van der Waals surface area (Å²) in [6, 6.07) is 26.8. The van der Waals surface area contributed by atoms with Gasteiger partial charge in [-0.3, -0.25) is 9.59 Å². The van der Waals surface area contributed by atoms with Gasteiger partial charge in [0.25, 0.3) is 5.91 Å². The minimum absolute atomic E-state index is 0.0881. The average Bonchev–Trinajstić information content (AvgIpc) is 3.69. The fourth-order valence-corrected chi connectivity index (χ4v) is 4.98. The van der Waals surface area contributed by atoms with E-state index in [2.05, 4.69) is 11.1 Å². The van der Waals surface area contributed by atoms with Crippen molar-refractivity contribution >= 4 is 28.4 Å². The van der Waals surface area contributed by atoms with Crippen LogP contribution >= 0.6 is 0 Å².